The molecule has 0 aliphatic heterocycles. The van der Waals surface area contributed by atoms with Crippen LogP contribution in [0.1, 0.15) is 6.92 Å². The lowest BCUT2D eigenvalue weighted by atomic mass is 10.00. The number of hydrogen-bond acceptors (Lipinski definition) is 5. The normalized spacial score (nSPS) is 11.6. The zero-order valence-corrected chi connectivity index (χ0v) is 23.1. The van der Waals surface area contributed by atoms with E-state index in [-0.39, 0.29) is 0 Å². The van der Waals surface area contributed by atoms with Gasteiger partial charge in [0.2, 0.25) is 0 Å². The minimum Gasteiger partial charge on any atom is -0.494 e. The van der Waals surface area contributed by atoms with Gasteiger partial charge in [0.05, 0.1) is 29.4 Å². The second-order valence-corrected chi connectivity index (χ2v) is 10.5. The van der Waals surface area contributed by atoms with Crippen molar-refractivity contribution in [2.24, 2.45) is 0 Å². The van der Waals surface area contributed by atoms with Crippen LogP contribution < -0.4 is 4.74 Å². The molecule has 8 aromatic rings. The Balaban J connectivity index is 1.45. The topological polar surface area (TPSA) is 52.8 Å². The second-order valence-electron chi connectivity index (χ2n) is 9.97. The lowest BCUT2D eigenvalue weighted by Crippen LogP contribution is -1.99. The minimum absolute atomic E-state index is 0.640. The molecule has 0 N–H and O–H groups in total. The second kappa shape index (κ2) is 9.54. The van der Waals surface area contributed by atoms with Gasteiger partial charge in [-0.15, -0.1) is 0 Å². The average Bonchev–Trinajstić information content (AvgIpc) is 3.68. The molecular weight excluding hydrogens is 524 g/mol. The molecule has 0 aliphatic rings. The molecule has 196 valence electrons. The molecule has 41 heavy (non-hydrogen) atoms. The van der Waals surface area contributed by atoms with Crippen LogP contribution in [0.2, 0.25) is 0 Å². The Morgan fingerprint density at radius 1 is 0.610 bits per heavy atom. The van der Waals surface area contributed by atoms with Gasteiger partial charge < -0.3 is 4.74 Å². The summed E-state index contributed by atoms with van der Waals surface area (Å²) in [6.07, 6.45) is 0. The van der Waals surface area contributed by atoms with Crippen LogP contribution in [0.15, 0.2) is 115 Å². The van der Waals surface area contributed by atoms with Crippen LogP contribution in [0.4, 0.5) is 0 Å². The molecule has 0 radical (unpaired) electrons. The maximum Gasteiger partial charge on any atom is 0.148 e. The van der Waals surface area contributed by atoms with Gasteiger partial charge >= 0.3 is 0 Å². The first-order valence-corrected chi connectivity index (χ1v) is 14.4. The summed E-state index contributed by atoms with van der Waals surface area (Å²) in [5, 5.41) is 4.72. The molecule has 6 aromatic carbocycles. The summed E-state index contributed by atoms with van der Waals surface area (Å²) in [7, 11) is 0. The van der Waals surface area contributed by atoms with Crippen LogP contribution in [-0.4, -0.2) is 24.9 Å². The van der Waals surface area contributed by atoms with Crippen LogP contribution in [0.5, 0.6) is 5.75 Å². The van der Waals surface area contributed by atoms with E-state index < -0.39 is 0 Å². The molecular formula is C35H24N4OS. The molecule has 8 rings (SSSR count). The lowest BCUT2D eigenvalue weighted by molar-refractivity contribution is 0.340. The molecule has 0 atom stereocenters. The molecule has 5 nitrogen and oxygen atoms in total. The summed E-state index contributed by atoms with van der Waals surface area (Å²) in [4.78, 5) is 5.39. The van der Waals surface area contributed by atoms with Gasteiger partial charge in [0, 0.05) is 27.6 Å². The molecule has 2 heterocycles. The van der Waals surface area contributed by atoms with Crippen molar-refractivity contribution in [1.29, 1.82) is 0 Å². The van der Waals surface area contributed by atoms with E-state index in [1.165, 1.54) is 27.9 Å². The summed E-state index contributed by atoms with van der Waals surface area (Å²) in [5.41, 5.74) is 7.91. The Morgan fingerprint density at radius 2 is 1.22 bits per heavy atom. The number of fused-ring (bicyclic) bond motifs is 7. The fourth-order valence-electron chi connectivity index (χ4n) is 5.89. The number of para-hydroxylation sites is 1. The first-order valence-electron chi connectivity index (χ1n) is 13.7. The van der Waals surface area contributed by atoms with Gasteiger partial charge in [-0.1, -0.05) is 84.9 Å². The van der Waals surface area contributed by atoms with E-state index in [2.05, 4.69) is 102 Å². The van der Waals surface area contributed by atoms with Crippen LogP contribution in [0.3, 0.4) is 0 Å². The van der Waals surface area contributed by atoms with Crippen LogP contribution in [-0.2, 0) is 0 Å². The molecule has 0 amide bonds. The maximum atomic E-state index is 5.65. The highest BCUT2D eigenvalue weighted by molar-refractivity contribution is 7.00. The van der Waals surface area contributed by atoms with Crippen molar-refractivity contribution in [3.05, 3.63) is 115 Å². The molecule has 0 aliphatic carbocycles. The fourth-order valence-corrected chi connectivity index (χ4v) is 6.47. The Morgan fingerprint density at radius 3 is 1.95 bits per heavy atom. The van der Waals surface area contributed by atoms with Crippen molar-refractivity contribution in [3.8, 4) is 34.0 Å². The van der Waals surface area contributed by atoms with Crippen molar-refractivity contribution in [2.45, 2.75) is 6.92 Å². The van der Waals surface area contributed by atoms with Gasteiger partial charge in [0.1, 0.15) is 22.6 Å². The molecule has 0 saturated heterocycles. The fraction of sp³-hybridized carbons (Fsp3) is 0.0571. The van der Waals surface area contributed by atoms with Crippen molar-refractivity contribution >= 4 is 55.3 Å². The highest BCUT2D eigenvalue weighted by Gasteiger charge is 2.23. The third-order valence-electron chi connectivity index (χ3n) is 7.68. The number of imidazole rings is 1. The van der Waals surface area contributed by atoms with E-state index >= 15 is 0 Å². The summed E-state index contributed by atoms with van der Waals surface area (Å²) < 4.78 is 17.5. The van der Waals surface area contributed by atoms with Crippen molar-refractivity contribution in [3.63, 3.8) is 0 Å². The van der Waals surface area contributed by atoms with Crippen LogP contribution in [0, 0.1) is 0 Å². The average molecular weight is 549 g/mol. The van der Waals surface area contributed by atoms with Gasteiger partial charge in [-0.05, 0) is 53.6 Å². The quantitative estimate of drug-likeness (QED) is 0.201. The molecule has 2 aromatic heterocycles. The molecule has 0 spiro atoms. The first kappa shape index (κ1) is 23.8. The molecule has 0 unspecified atom stereocenters. The number of rotatable bonds is 5. The van der Waals surface area contributed by atoms with Crippen molar-refractivity contribution < 1.29 is 4.74 Å². The number of nitrogens with zero attached hydrogens (tertiary/aromatic N) is 4. The van der Waals surface area contributed by atoms with Crippen LogP contribution in [0.25, 0.3) is 71.8 Å². The highest BCUT2D eigenvalue weighted by atomic mass is 32.1. The maximum absolute atomic E-state index is 5.65. The molecule has 0 saturated carbocycles. The van der Waals surface area contributed by atoms with E-state index in [4.69, 9.17) is 18.5 Å². The van der Waals surface area contributed by atoms with E-state index in [1.807, 2.05) is 25.1 Å². The Labute approximate surface area is 240 Å². The summed E-state index contributed by atoms with van der Waals surface area (Å²) in [5.74, 6) is 1.71. The summed E-state index contributed by atoms with van der Waals surface area (Å²) >= 11 is 1.23. The minimum atomic E-state index is 0.640. The predicted octanol–water partition coefficient (Wildman–Crippen LogP) is 9.07. The lowest BCUT2D eigenvalue weighted by Gasteiger charge is -2.13. The Bertz CT molecular complexity index is 2220. The summed E-state index contributed by atoms with van der Waals surface area (Å²) in [6, 6.07) is 40.1. The molecule has 0 fully saturated rings. The van der Waals surface area contributed by atoms with Gasteiger partial charge in [-0.2, -0.15) is 8.75 Å². The molecule has 0 bridgehead atoms. The molecule has 6 heteroatoms. The largest absolute Gasteiger partial charge is 0.494 e. The van der Waals surface area contributed by atoms with Crippen molar-refractivity contribution in [1.82, 2.24) is 18.3 Å². The third-order valence-corrected chi connectivity index (χ3v) is 8.21. The van der Waals surface area contributed by atoms with Gasteiger partial charge in [-0.25, -0.2) is 4.98 Å². The predicted molar refractivity (Wildman–Crippen MR) is 169 cm³/mol. The zero-order valence-electron chi connectivity index (χ0n) is 22.3. The van der Waals surface area contributed by atoms with Gasteiger partial charge in [-0.3, -0.25) is 4.57 Å². The van der Waals surface area contributed by atoms with Gasteiger partial charge in [0.15, 0.2) is 0 Å². The smallest absolute Gasteiger partial charge is 0.148 e. The van der Waals surface area contributed by atoms with E-state index in [0.717, 1.165) is 61.4 Å². The number of ether oxygens (including phenoxy) is 1. The third kappa shape index (κ3) is 3.72. The highest BCUT2D eigenvalue weighted by Crippen LogP contribution is 2.41. The van der Waals surface area contributed by atoms with Gasteiger partial charge in [0.25, 0.3) is 0 Å². The van der Waals surface area contributed by atoms with Crippen LogP contribution >= 0.6 is 11.7 Å². The standard InChI is InChI=1S/C35H24N4OS/c1-2-40-24-18-16-22(17-19-24)25-20-21-30(32-31(25)37-41-38-32)35-36-33-28-14-8-6-12-26(28)27-13-7-9-15-29(27)34(33)39(35)23-10-4-3-5-11-23/h3-21H,2H2,1H3. The Hall–Kier alpha value is -5.07. The van der Waals surface area contributed by atoms with E-state index in [9.17, 15) is 0 Å². The monoisotopic (exact) mass is 548 g/mol. The number of hydrogen-bond donors (Lipinski definition) is 0. The Kier molecular flexibility index (Phi) is 5.53. The van der Waals surface area contributed by atoms with E-state index in [0.29, 0.717) is 6.61 Å². The first-order chi connectivity index (χ1) is 20.3. The van der Waals surface area contributed by atoms with Crippen molar-refractivity contribution in [2.75, 3.05) is 6.61 Å². The SMILES string of the molecule is CCOc1ccc(-c2ccc(-c3nc4c5ccccc5c5ccccc5c4n3-c3ccccc3)c3nsnc23)cc1. The van der Waals surface area contributed by atoms with E-state index in [1.54, 1.807) is 0 Å². The summed E-state index contributed by atoms with van der Waals surface area (Å²) in [6.45, 7) is 2.63. The number of benzene rings is 6. The zero-order chi connectivity index (χ0) is 27.3. The number of aromatic nitrogens is 4.